The molecule has 0 aromatic carbocycles. The number of rotatable bonds is 43. The van der Waals surface area contributed by atoms with Crippen LogP contribution in [0.4, 0.5) is 0 Å². The van der Waals surface area contributed by atoms with E-state index in [1.54, 1.807) is 0 Å². The third-order valence-electron chi connectivity index (χ3n) is 6.54. The molecule has 12 heteroatoms. The third-order valence-corrected chi connectivity index (χ3v) is 6.54. The summed E-state index contributed by atoms with van der Waals surface area (Å²) in [4.78, 5) is 0. The molecule has 0 bridgehead atoms. The first-order valence-corrected chi connectivity index (χ1v) is 18.2. The number of hydrogen-bond donors (Lipinski definition) is 0. The van der Waals surface area contributed by atoms with Crippen LogP contribution in [-0.4, -0.2) is 158 Å². The molecule has 0 heterocycles. The summed E-state index contributed by atoms with van der Waals surface area (Å²) in [7, 11) is 0. The largest absolute Gasteiger partial charge is 0.379 e. The van der Waals surface area contributed by atoms with Gasteiger partial charge >= 0.3 is 0 Å². The Kier molecular flexibility index (Phi) is 43.1. The van der Waals surface area contributed by atoms with Crippen molar-refractivity contribution in [2.24, 2.45) is 0 Å². The molecule has 0 aromatic rings. The van der Waals surface area contributed by atoms with Crippen LogP contribution in [0.1, 0.15) is 72.1 Å². The Morgan fingerprint density at radius 3 is 0.723 bits per heavy atom. The lowest BCUT2D eigenvalue weighted by atomic mass is 10.1. The van der Waals surface area contributed by atoms with Crippen molar-refractivity contribution < 1.29 is 56.8 Å². The first-order valence-electron chi connectivity index (χ1n) is 18.2. The van der Waals surface area contributed by atoms with E-state index in [1.807, 2.05) is 13.8 Å². The van der Waals surface area contributed by atoms with E-state index in [9.17, 15) is 0 Å². The number of unbranched alkanes of at least 4 members (excludes halogenated alkanes) is 7. The van der Waals surface area contributed by atoms with Crippen molar-refractivity contribution in [3.8, 4) is 0 Å². The highest BCUT2D eigenvalue weighted by Gasteiger charge is 1.98. The van der Waals surface area contributed by atoms with Crippen LogP contribution in [0.15, 0.2) is 0 Å². The monoisotopic (exact) mass is 685 g/mol. The van der Waals surface area contributed by atoms with E-state index in [2.05, 4.69) is 6.92 Å². The Labute approximate surface area is 287 Å². The van der Waals surface area contributed by atoms with E-state index in [0.29, 0.717) is 145 Å². The minimum Gasteiger partial charge on any atom is -0.379 e. The molecule has 0 rings (SSSR count). The van der Waals surface area contributed by atoms with E-state index in [4.69, 9.17) is 56.8 Å². The standard InChI is InChI=1S/C35H72O12/c1-4-5-6-7-8-9-10-11-12-36-13-14-37-15-16-38-17-18-39-19-20-40-21-22-41-23-24-42-25-26-43-27-28-44-29-30-45-31-32-46-33-34-47-35(2)3/h35H,4-34H2,1-3H3. The van der Waals surface area contributed by atoms with Crippen LogP contribution in [0.3, 0.4) is 0 Å². The molecule has 0 aliphatic carbocycles. The average molecular weight is 685 g/mol. The second-order valence-electron chi connectivity index (χ2n) is 11.1. The average Bonchev–Trinajstić information content (AvgIpc) is 3.07. The maximum atomic E-state index is 5.62. The van der Waals surface area contributed by atoms with Gasteiger partial charge in [-0.1, -0.05) is 51.9 Å². The van der Waals surface area contributed by atoms with Gasteiger partial charge in [0, 0.05) is 6.61 Å². The Morgan fingerprint density at radius 1 is 0.255 bits per heavy atom. The molecule has 0 amide bonds. The maximum Gasteiger partial charge on any atom is 0.0703 e. The summed E-state index contributed by atoms with van der Waals surface area (Å²) in [6, 6.07) is 0. The predicted octanol–water partition coefficient (Wildman–Crippen LogP) is 4.73. The van der Waals surface area contributed by atoms with Crippen molar-refractivity contribution in [3.05, 3.63) is 0 Å². The van der Waals surface area contributed by atoms with Crippen LogP contribution < -0.4 is 0 Å². The zero-order valence-corrected chi connectivity index (χ0v) is 30.4. The first-order chi connectivity index (χ1) is 23.3. The van der Waals surface area contributed by atoms with E-state index in [1.165, 1.54) is 44.9 Å². The van der Waals surface area contributed by atoms with Crippen molar-refractivity contribution in [2.45, 2.75) is 78.2 Å². The summed E-state index contributed by atoms with van der Waals surface area (Å²) >= 11 is 0. The van der Waals surface area contributed by atoms with Crippen LogP contribution in [0.5, 0.6) is 0 Å². The molecular weight excluding hydrogens is 612 g/mol. The van der Waals surface area contributed by atoms with Gasteiger partial charge in [-0.25, -0.2) is 0 Å². The Bertz CT molecular complexity index is 545. The van der Waals surface area contributed by atoms with Gasteiger partial charge in [-0.3, -0.25) is 0 Å². The molecule has 0 fully saturated rings. The SMILES string of the molecule is CCCCCCCCCCOCCOCCOCCOCCOCCOCCOCCOCCOCCOCCOCCOC(C)C. The minimum absolute atomic E-state index is 0.233. The van der Waals surface area contributed by atoms with Crippen molar-refractivity contribution >= 4 is 0 Å². The highest BCUT2D eigenvalue weighted by Crippen LogP contribution is 2.08. The smallest absolute Gasteiger partial charge is 0.0703 e. The Balaban J connectivity index is 3.04. The number of ether oxygens (including phenoxy) is 12. The summed E-state index contributed by atoms with van der Waals surface area (Å²) in [5.41, 5.74) is 0. The van der Waals surface area contributed by atoms with Crippen LogP contribution in [-0.2, 0) is 56.8 Å². The van der Waals surface area contributed by atoms with Gasteiger partial charge in [0.1, 0.15) is 0 Å². The van der Waals surface area contributed by atoms with Crippen molar-refractivity contribution in [2.75, 3.05) is 152 Å². The molecule has 0 aliphatic rings. The highest BCUT2D eigenvalue weighted by atomic mass is 16.6. The lowest BCUT2D eigenvalue weighted by molar-refractivity contribution is -0.0293. The van der Waals surface area contributed by atoms with Gasteiger partial charge in [-0.05, 0) is 20.3 Å². The molecule has 12 nitrogen and oxygen atoms in total. The zero-order valence-electron chi connectivity index (χ0n) is 30.4. The molecule has 47 heavy (non-hydrogen) atoms. The van der Waals surface area contributed by atoms with E-state index < -0.39 is 0 Å². The molecule has 284 valence electrons. The maximum absolute atomic E-state index is 5.62. The van der Waals surface area contributed by atoms with Crippen molar-refractivity contribution in [3.63, 3.8) is 0 Å². The highest BCUT2D eigenvalue weighted by molar-refractivity contribution is 4.46. The second kappa shape index (κ2) is 43.5. The van der Waals surface area contributed by atoms with Gasteiger partial charge in [0.15, 0.2) is 0 Å². The lowest BCUT2D eigenvalue weighted by Gasteiger charge is -2.09. The zero-order chi connectivity index (χ0) is 34.0. The third kappa shape index (κ3) is 45.5. The van der Waals surface area contributed by atoms with Gasteiger partial charge in [0.2, 0.25) is 0 Å². The van der Waals surface area contributed by atoms with Gasteiger partial charge in [0.05, 0.1) is 151 Å². The molecule has 0 aliphatic heterocycles. The van der Waals surface area contributed by atoms with E-state index in [-0.39, 0.29) is 6.10 Å². The Hall–Kier alpha value is -0.480. The van der Waals surface area contributed by atoms with Crippen LogP contribution >= 0.6 is 0 Å². The van der Waals surface area contributed by atoms with Gasteiger partial charge in [-0.2, -0.15) is 0 Å². The molecule has 0 atom stereocenters. The molecule has 0 saturated carbocycles. The van der Waals surface area contributed by atoms with E-state index in [0.717, 1.165) is 13.0 Å². The fourth-order valence-corrected chi connectivity index (χ4v) is 3.98. The summed E-state index contributed by atoms with van der Waals surface area (Å²) < 4.78 is 65.9. The molecule has 0 saturated heterocycles. The number of hydrogen-bond acceptors (Lipinski definition) is 12. The summed E-state index contributed by atoms with van der Waals surface area (Å²) in [5.74, 6) is 0. The predicted molar refractivity (Wildman–Crippen MR) is 183 cm³/mol. The molecule has 0 unspecified atom stereocenters. The molecule has 0 N–H and O–H groups in total. The van der Waals surface area contributed by atoms with Crippen LogP contribution in [0.25, 0.3) is 0 Å². The molecule has 0 radical (unpaired) electrons. The fraction of sp³-hybridized carbons (Fsp3) is 1.00. The quantitative estimate of drug-likeness (QED) is 0.0828. The van der Waals surface area contributed by atoms with Crippen molar-refractivity contribution in [1.29, 1.82) is 0 Å². The van der Waals surface area contributed by atoms with Crippen molar-refractivity contribution in [1.82, 2.24) is 0 Å². The van der Waals surface area contributed by atoms with Crippen LogP contribution in [0, 0.1) is 0 Å². The molecule has 0 spiro atoms. The lowest BCUT2D eigenvalue weighted by Crippen LogP contribution is -2.15. The second-order valence-corrected chi connectivity index (χ2v) is 11.1. The first kappa shape index (κ1) is 46.5. The fourth-order valence-electron chi connectivity index (χ4n) is 3.98. The van der Waals surface area contributed by atoms with Gasteiger partial charge < -0.3 is 56.8 Å². The van der Waals surface area contributed by atoms with Crippen LogP contribution in [0.2, 0.25) is 0 Å². The summed E-state index contributed by atoms with van der Waals surface area (Å²) in [5, 5.41) is 0. The van der Waals surface area contributed by atoms with E-state index >= 15 is 0 Å². The molecule has 0 aromatic heterocycles. The summed E-state index contributed by atoms with van der Waals surface area (Å²) in [6.07, 6.45) is 10.8. The summed E-state index contributed by atoms with van der Waals surface area (Å²) in [6.45, 7) is 19.2. The normalized spacial score (nSPS) is 11.7. The minimum atomic E-state index is 0.233. The topological polar surface area (TPSA) is 111 Å². The van der Waals surface area contributed by atoms with Gasteiger partial charge in [-0.15, -0.1) is 0 Å². The van der Waals surface area contributed by atoms with Gasteiger partial charge in [0.25, 0.3) is 0 Å². The Morgan fingerprint density at radius 2 is 0.468 bits per heavy atom. The molecular formula is C35H72O12.